The van der Waals surface area contributed by atoms with E-state index < -0.39 is 0 Å². The van der Waals surface area contributed by atoms with Crippen molar-refractivity contribution in [2.45, 2.75) is 19.9 Å². The molecule has 0 aliphatic carbocycles. The molecule has 1 aromatic rings. The second-order valence-electron chi connectivity index (χ2n) is 5.87. The SMILES string of the molecule is CNCC(C(C)C)N1CCN(c2cccc(Cl)c2)CC1. The van der Waals surface area contributed by atoms with Gasteiger partial charge in [-0.3, -0.25) is 4.90 Å². The topological polar surface area (TPSA) is 18.5 Å². The summed E-state index contributed by atoms with van der Waals surface area (Å²) in [6.45, 7) is 10.1. The van der Waals surface area contributed by atoms with Gasteiger partial charge in [-0.15, -0.1) is 0 Å². The van der Waals surface area contributed by atoms with Crippen LogP contribution in [0.2, 0.25) is 5.02 Å². The van der Waals surface area contributed by atoms with E-state index in [-0.39, 0.29) is 0 Å². The Labute approximate surface area is 127 Å². The van der Waals surface area contributed by atoms with Gasteiger partial charge in [-0.25, -0.2) is 0 Å². The number of hydrogen-bond acceptors (Lipinski definition) is 3. The van der Waals surface area contributed by atoms with E-state index in [2.05, 4.69) is 41.1 Å². The van der Waals surface area contributed by atoms with Gasteiger partial charge in [0.25, 0.3) is 0 Å². The molecule has 0 spiro atoms. The summed E-state index contributed by atoms with van der Waals surface area (Å²) >= 11 is 6.08. The van der Waals surface area contributed by atoms with E-state index >= 15 is 0 Å². The maximum Gasteiger partial charge on any atom is 0.0426 e. The first-order valence-corrected chi connectivity index (χ1v) is 7.88. The predicted molar refractivity (Wildman–Crippen MR) is 87.8 cm³/mol. The summed E-state index contributed by atoms with van der Waals surface area (Å²) in [6, 6.07) is 8.80. The molecule has 1 unspecified atom stereocenters. The predicted octanol–water partition coefficient (Wildman–Crippen LogP) is 2.71. The van der Waals surface area contributed by atoms with Gasteiger partial charge in [0.1, 0.15) is 0 Å². The smallest absolute Gasteiger partial charge is 0.0426 e. The number of nitrogens with zero attached hydrogens (tertiary/aromatic N) is 2. The number of benzene rings is 1. The van der Waals surface area contributed by atoms with Gasteiger partial charge in [0.15, 0.2) is 0 Å². The number of hydrogen-bond donors (Lipinski definition) is 1. The minimum absolute atomic E-state index is 0.626. The zero-order valence-corrected chi connectivity index (χ0v) is 13.5. The highest BCUT2D eigenvalue weighted by molar-refractivity contribution is 6.30. The summed E-state index contributed by atoms with van der Waals surface area (Å²) in [7, 11) is 2.04. The summed E-state index contributed by atoms with van der Waals surface area (Å²) in [5.41, 5.74) is 1.24. The summed E-state index contributed by atoms with van der Waals surface area (Å²) in [5.74, 6) is 0.681. The van der Waals surface area contributed by atoms with Crippen LogP contribution in [0.3, 0.4) is 0 Å². The van der Waals surface area contributed by atoms with Crippen molar-refractivity contribution >= 4 is 17.3 Å². The zero-order chi connectivity index (χ0) is 14.5. The lowest BCUT2D eigenvalue weighted by molar-refractivity contribution is 0.145. The van der Waals surface area contributed by atoms with Crippen molar-refractivity contribution in [3.63, 3.8) is 0 Å². The average molecular weight is 296 g/mol. The van der Waals surface area contributed by atoms with E-state index in [0.29, 0.717) is 12.0 Å². The van der Waals surface area contributed by atoms with Crippen molar-refractivity contribution in [2.75, 3.05) is 44.7 Å². The highest BCUT2D eigenvalue weighted by Gasteiger charge is 2.25. The second kappa shape index (κ2) is 7.30. The van der Waals surface area contributed by atoms with Crippen molar-refractivity contribution in [3.05, 3.63) is 29.3 Å². The molecule has 0 amide bonds. The van der Waals surface area contributed by atoms with Gasteiger partial charge in [0.2, 0.25) is 0 Å². The van der Waals surface area contributed by atoms with Gasteiger partial charge in [-0.2, -0.15) is 0 Å². The first kappa shape index (κ1) is 15.6. The van der Waals surface area contributed by atoms with Gasteiger partial charge in [0.05, 0.1) is 0 Å². The molecule has 1 heterocycles. The highest BCUT2D eigenvalue weighted by Crippen LogP contribution is 2.22. The van der Waals surface area contributed by atoms with Crippen LogP contribution >= 0.6 is 11.6 Å². The van der Waals surface area contributed by atoms with E-state index in [1.54, 1.807) is 0 Å². The number of anilines is 1. The third-order valence-electron chi connectivity index (χ3n) is 4.14. The average Bonchev–Trinajstić information content (AvgIpc) is 2.45. The van der Waals surface area contributed by atoms with E-state index in [1.807, 2.05) is 19.2 Å². The molecule has 1 atom stereocenters. The van der Waals surface area contributed by atoms with Crippen LogP contribution in [0.1, 0.15) is 13.8 Å². The molecule has 4 heteroatoms. The van der Waals surface area contributed by atoms with Gasteiger partial charge >= 0.3 is 0 Å². The molecule has 1 N–H and O–H groups in total. The molecule has 2 rings (SSSR count). The second-order valence-corrected chi connectivity index (χ2v) is 6.31. The van der Waals surface area contributed by atoms with Crippen molar-refractivity contribution in [1.29, 1.82) is 0 Å². The Bertz CT molecular complexity index is 414. The van der Waals surface area contributed by atoms with Crippen molar-refractivity contribution in [3.8, 4) is 0 Å². The van der Waals surface area contributed by atoms with E-state index in [1.165, 1.54) is 5.69 Å². The molecule has 20 heavy (non-hydrogen) atoms. The van der Waals surface area contributed by atoms with Crippen LogP contribution in [0.15, 0.2) is 24.3 Å². The van der Waals surface area contributed by atoms with Crippen LogP contribution in [0, 0.1) is 5.92 Å². The van der Waals surface area contributed by atoms with Crippen LogP contribution in [-0.2, 0) is 0 Å². The van der Waals surface area contributed by atoms with Gasteiger partial charge in [0, 0.05) is 49.5 Å². The first-order chi connectivity index (χ1) is 9.61. The van der Waals surface area contributed by atoms with Crippen molar-refractivity contribution in [2.24, 2.45) is 5.92 Å². The summed E-state index contributed by atoms with van der Waals surface area (Å²) < 4.78 is 0. The fourth-order valence-electron chi connectivity index (χ4n) is 2.98. The Morgan fingerprint density at radius 1 is 1.20 bits per heavy atom. The lowest BCUT2D eigenvalue weighted by Gasteiger charge is -2.41. The minimum atomic E-state index is 0.626. The molecule has 0 radical (unpaired) electrons. The Morgan fingerprint density at radius 3 is 2.45 bits per heavy atom. The van der Waals surface area contributed by atoms with Crippen LogP contribution in [0.5, 0.6) is 0 Å². The molecule has 0 saturated carbocycles. The third kappa shape index (κ3) is 3.87. The third-order valence-corrected chi connectivity index (χ3v) is 4.37. The largest absolute Gasteiger partial charge is 0.369 e. The van der Waals surface area contributed by atoms with Crippen LogP contribution < -0.4 is 10.2 Å². The zero-order valence-electron chi connectivity index (χ0n) is 12.8. The first-order valence-electron chi connectivity index (χ1n) is 7.51. The summed E-state index contributed by atoms with van der Waals surface area (Å²) in [5, 5.41) is 4.14. The van der Waals surface area contributed by atoms with Crippen molar-refractivity contribution < 1.29 is 0 Å². The maximum atomic E-state index is 6.08. The van der Waals surface area contributed by atoms with Gasteiger partial charge in [-0.1, -0.05) is 31.5 Å². The Balaban J connectivity index is 1.94. The van der Waals surface area contributed by atoms with Crippen molar-refractivity contribution in [1.82, 2.24) is 10.2 Å². The van der Waals surface area contributed by atoms with E-state index in [4.69, 9.17) is 11.6 Å². The maximum absolute atomic E-state index is 6.08. The molecule has 1 aliphatic rings. The van der Waals surface area contributed by atoms with Crippen LogP contribution in [0.4, 0.5) is 5.69 Å². The molecule has 1 fully saturated rings. The highest BCUT2D eigenvalue weighted by atomic mass is 35.5. The summed E-state index contributed by atoms with van der Waals surface area (Å²) in [4.78, 5) is 5.04. The van der Waals surface area contributed by atoms with Crippen LogP contribution in [0.25, 0.3) is 0 Å². The Morgan fingerprint density at radius 2 is 1.90 bits per heavy atom. The normalized spacial score (nSPS) is 18.6. The molecular formula is C16H26ClN3. The van der Waals surface area contributed by atoms with Crippen LogP contribution in [-0.4, -0.2) is 50.7 Å². The van der Waals surface area contributed by atoms with Gasteiger partial charge < -0.3 is 10.2 Å². The Kier molecular flexibility index (Phi) is 5.70. The standard InChI is InChI=1S/C16H26ClN3/c1-13(2)16(12-18-3)20-9-7-19(8-10-20)15-6-4-5-14(17)11-15/h4-6,11,13,16,18H,7-10,12H2,1-3H3. The molecule has 1 aromatic carbocycles. The lowest BCUT2D eigenvalue weighted by atomic mass is 10.0. The van der Waals surface area contributed by atoms with E-state index in [9.17, 15) is 0 Å². The molecule has 0 aromatic heterocycles. The number of nitrogens with one attached hydrogen (secondary N) is 1. The number of halogens is 1. The fourth-order valence-corrected chi connectivity index (χ4v) is 3.16. The fraction of sp³-hybridized carbons (Fsp3) is 0.625. The monoisotopic (exact) mass is 295 g/mol. The molecule has 1 aliphatic heterocycles. The Hall–Kier alpha value is -0.770. The molecule has 112 valence electrons. The number of rotatable bonds is 5. The molecule has 0 bridgehead atoms. The number of piperazine rings is 1. The molecule has 1 saturated heterocycles. The quantitative estimate of drug-likeness (QED) is 0.901. The van der Waals surface area contributed by atoms with E-state index in [0.717, 1.165) is 37.7 Å². The molecule has 3 nitrogen and oxygen atoms in total. The summed E-state index contributed by atoms with van der Waals surface area (Å²) in [6.07, 6.45) is 0. The lowest BCUT2D eigenvalue weighted by Crippen LogP contribution is -2.54. The molecular weight excluding hydrogens is 270 g/mol. The minimum Gasteiger partial charge on any atom is -0.369 e. The van der Waals surface area contributed by atoms with Gasteiger partial charge in [-0.05, 0) is 31.2 Å². The number of likely N-dealkylation sites (N-methyl/N-ethyl adjacent to an activating group) is 1.